The number of hydrogen-bond acceptors (Lipinski definition) is 6. The van der Waals surface area contributed by atoms with Crippen molar-refractivity contribution in [2.45, 2.75) is 63.8 Å². The maximum absolute atomic E-state index is 13.9. The van der Waals surface area contributed by atoms with E-state index in [9.17, 15) is 24.3 Å². The average molecular weight is 688 g/mol. The quantitative estimate of drug-likeness (QED) is 0.110. The van der Waals surface area contributed by atoms with Crippen LogP contribution in [0.25, 0.3) is 22.0 Å². The van der Waals surface area contributed by atoms with Gasteiger partial charge in [-0.2, -0.15) is 0 Å². The number of ether oxygens (including phenoxy) is 2. The number of esters is 1. The van der Waals surface area contributed by atoms with Gasteiger partial charge in [-0.25, -0.2) is 9.59 Å². The molecule has 51 heavy (non-hydrogen) atoms. The van der Waals surface area contributed by atoms with Gasteiger partial charge in [-0.1, -0.05) is 97.1 Å². The number of aliphatic carboxylic acids is 1. The maximum atomic E-state index is 13.9. The van der Waals surface area contributed by atoms with Gasteiger partial charge < -0.3 is 29.8 Å². The van der Waals surface area contributed by atoms with Crippen LogP contribution in [-0.2, 0) is 36.9 Å². The first kappa shape index (κ1) is 34.9. The van der Waals surface area contributed by atoms with E-state index in [1.807, 2.05) is 109 Å². The van der Waals surface area contributed by atoms with E-state index in [-0.39, 0.29) is 44.4 Å². The lowest BCUT2D eigenvalue weighted by atomic mass is 9.98. The fraction of sp³-hybridized carbons (Fsp3) is 0.268. The molecule has 0 radical (unpaired) electrons. The zero-order valence-corrected chi connectivity index (χ0v) is 28.6. The fourth-order valence-electron chi connectivity index (χ4n) is 6.68. The van der Waals surface area contributed by atoms with E-state index in [0.29, 0.717) is 0 Å². The van der Waals surface area contributed by atoms with E-state index in [2.05, 4.69) is 29.0 Å². The molecule has 1 heterocycles. The standard InChI is InChI=1S/C41H41N3O7/c1-26(2)44-23-28(29-14-10-11-19-37(29)44)22-36(39(46)42-35(40(47)48)20-21-38(45)50-24-27-12-4-3-5-13-27)43-41(49)51-25-34-32-17-8-6-15-30(32)31-16-7-9-18-33(31)34/h3-19,23,26,34-36H,20-22,24-25H2,1-2H3,(H,42,46)(H,43,49)(H,47,48)/t35-,36-/m0/s1. The molecule has 0 spiro atoms. The Bertz CT molecular complexity index is 1990. The number of carboxylic acids is 1. The van der Waals surface area contributed by atoms with Crippen molar-refractivity contribution in [3.8, 4) is 11.1 Å². The molecule has 0 fully saturated rings. The summed E-state index contributed by atoms with van der Waals surface area (Å²) in [7, 11) is 0. The first-order valence-electron chi connectivity index (χ1n) is 17.1. The number of aromatic nitrogens is 1. The van der Waals surface area contributed by atoms with E-state index >= 15 is 0 Å². The van der Waals surface area contributed by atoms with E-state index in [1.165, 1.54) is 0 Å². The summed E-state index contributed by atoms with van der Waals surface area (Å²) in [6.07, 6.45) is 0.796. The third-order valence-electron chi connectivity index (χ3n) is 9.25. The molecular weight excluding hydrogens is 646 g/mol. The minimum atomic E-state index is -1.40. The third-order valence-corrected chi connectivity index (χ3v) is 9.25. The number of hydrogen-bond donors (Lipinski definition) is 3. The van der Waals surface area contributed by atoms with E-state index in [1.54, 1.807) is 0 Å². The topological polar surface area (TPSA) is 136 Å². The third kappa shape index (κ3) is 8.12. The molecule has 3 N–H and O–H groups in total. The van der Waals surface area contributed by atoms with E-state index in [0.717, 1.165) is 44.3 Å². The summed E-state index contributed by atoms with van der Waals surface area (Å²) < 4.78 is 13.2. The Hall–Kier alpha value is -5.90. The Morgan fingerprint density at radius 2 is 1.39 bits per heavy atom. The van der Waals surface area contributed by atoms with Crippen molar-refractivity contribution in [1.82, 2.24) is 15.2 Å². The molecule has 10 heteroatoms. The van der Waals surface area contributed by atoms with Crippen molar-refractivity contribution in [3.05, 3.63) is 132 Å². The average Bonchev–Trinajstić information content (AvgIpc) is 3.67. The smallest absolute Gasteiger partial charge is 0.407 e. The van der Waals surface area contributed by atoms with Crippen LogP contribution in [0.2, 0.25) is 0 Å². The number of amides is 2. The number of para-hydroxylation sites is 1. The van der Waals surface area contributed by atoms with Gasteiger partial charge in [-0.3, -0.25) is 9.59 Å². The lowest BCUT2D eigenvalue weighted by Gasteiger charge is -2.22. The van der Waals surface area contributed by atoms with Crippen molar-refractivity contribution >= 4 is 34.8 Å². The SMILES string of the molecule is CC(C)n1cc(C[C@H](NC(=O)OCC2c3ccccc3-c3ccccc32)C(=O)N[C@@H](CCC(=O)OCc2ccccc2)C(=O)O)c2ccccc21. The van der Waals surface area contributed by atoms with Crippen LogP contribution < -0.4 is 10.6 Å². The van der Waals surface area contributed by atoms with Crippen LogP contribution in [0.15, 0.2) is 109 Å². The summed E-state index contributed by atoms with van der Waals surface area (Å²) in [5.74, 6) is -2.79. The molecule has 1 aliphatic carbocycles. The van der Waals surface area contributed by atoms with Crippen molar-refractivity contribution in [2.24, 2.45) is 0 Å². The van der Waals surface area contributed by atoms with Crippen LogP contribution in [0.1, 0.15) is 60.9 Å². The van der Waals surface area contributed by atoms with Crippen LogP contribution in [-0.4, -0.2) is 52.3 Å². The number of rotatable bonds is 14. The fourth-order valence-corrected chi connectivity index (χ4v) is 6.68. The predicted octanol–water partition coefficient (Wildman–Crippen LogP) is 6.77. The van der Waals surface area contributed by atoms with Crippen LogP contribution in [0.3, 0.4) is 0 Å². The molecule has 2 atom stereocenters. The molecule has 10 nitrogen and oxygen atoms in total. The zero-order chi connectivity index (χ0) is 35.9. The second-order valence-corrected chi connectivity index (χ2v) is 13.0. The van der Waals surface area contributed by atoms with Gasteiger partial charge in [0.1, 0.15) is 25.3 Å². The lowest BCUT2D eigenvalue weighted by Crippen LogP contribution is -2.52. The summed E-state index contributed by atoms with van der Waals surface area (Å²) in [4.78, 5) is 52.0. The van der Waals surface area contributed by atoms with E-state index < -0.39 is 36.0 Å². The summed E-state index contributed by atoms with van der Waals surface area (Å²) in [5.41, 5.74) is 6.85. The molecule has 1 aromatic heterocycles. The van der Waals surface area contributed by atoms with Gasteiger partial charge in [0, 0.05) is 41.9 Å². The minimum Gasteiger partial charge on any atom is -0.480 e. The number of fused-ring (bicyclic) bond motifs is 4. The molecular formula is C41H41N3O7. The molecule has 0 bridgehead atoms. The van der Waals surface area contributed by atoms with Crippen LogP contribution in [0.4, 0.5) is 4.79 Å². The second-order valence-electron chi connectivity index (χ2n) is 13.0. The van der Waals surface area contributed by atoms with Gasteiger partial charge >= 0.3 is 18.0 Å². The van der Waals surface area contributed by atoms with Crippen molar-refractivity contribution in [1.29, 1.82) is 0 Å². The maximum Gasteiger partial charge on any atom is 0.407 e. The summed E-state index contributed by atoms with van der Waals surface area (Å²) in [5, 5.41) is 16.2. The van der Waals surface area contributed by atoms with Gasteiger partial charge in [-0.15, -0.1) is 0 Å². The summed E-state index contributed by atoms with van der Waals surface area (Å²) >= 11 is 0. The Labute approximate surface area is 296 Å². The number of carboxylic acid groups (broad SMARTS) is 1. The molecule has 0 saturated carbocycles. The van der Waals surface area contributed by atoms with Crippen LogP contribution >= 0.6 is 0 Å². The Morgan fingerprint density at radius 1 is 0.765 bits per heavy atom. The largest absolute Gasteiger partial charge is 0.480 e. The molecule has 0 saturated heterocycles. The van der Waals surface area contributed by atoms with Crippen LogP contribution in [0, 0.1) is 0 Å². The molecule has 4 aromatic carbocycles. The van der Waals surface area contributed by atoms with E-state index in [4.69, 9.17) is 9.47 Å². The van der Waals surface area contributed by atoms with Gasteiger partial charge in [0.15, 0.2) is 0 Å². The Balaban J connectivity index is 1.17. The van der Waals surface area contributed by atoms with Crippen LogP contribution in [0.5, 0.6) is 0 Å². The monoisotopic (exact) mass is 687 g/mol. The van der Waals surface area contributed by atoms with Gasteiger partial charge in [0.05, 0.1) is 0 Å². The number of nitrogens with zero attached hydrogens (tertiary/aromatic N) is 1. The number of carbonyl (C=O) groups excluding carboxylic acids is 3. The highest BCUT2D eigenvalue weighted by Crippen LogP contribution is 2.44. The predicted molar refractivity (Wildman–Crippen MR) is 193 cm³/mol. The lowest BCUT2D eigenvalue weighted by molar-refractivity contribution is -0.146. The van der Waals surface area contributed by atoms with Crippen molar-refractivity contribution in [2.75, 3.05) is 6.61 Å². The molecule has 2 amide bonds. The molecule has 0 unspecified atom stereocenters. The van der Waals surface area contributed by atoms with Gasteiger partial charge in [0.2, 0.25) is 5.91 Å². The van der Waals surface area contributed by atoms with Gasteiger partial charge in [0.25, 0.3) is 0 Å². The number of alkyl carbamates (subject to hydrolysis) is 1. The first-order valence-corrected chi connectivity index (χ1v) is 17.1. The number of carbonyl (C=O) groups is 4. The van der Waals surface area contributed by atoms with Gasteiger partial charge in [-0.05, 0) is 59.7 Å². The number of benzene rings is 4. The second kappa shape index (κ2) is 15.8. The minimum absolute atomic E-state index is 0.0453. The molecule has 0 aliphatic heterocycles. The normalized spacial score (nSPS) is 13.2. The highest BCUT2D eigenvalue weighted by molar-refractivity contribution is 5.91. The Morgan fingerprint density at radius 3 is 2.06 bits per heavy atom. The highest BCUT2D eigenvalue weighted by Gasteiger charge is 2.32. The zero-order valence-electron chi connectivity index (χ0n) is 28.6. The van der Waals surface area contributed by atoms with Crippen molar-refractivity contribution in [3.63, 3.8) is 0 Å². The summed E-state index contributed by atoms with van der Waals surface area (Å²) in [6, 6.07) is 30.5. The molecule has 262 valence electrons. The highest BCUT2D eigenvalue weighted by atomic mass is 16.5. The number of nitrogens with one attached hydrogen (secondary N) is 2. The molecule has 1 aliphatic rings. The first-order chi connectivity index (χ1) is 24.7. The summed E-state index contributed by atoms with van der Waals surface area (Å²) in [6.45, 7) is 4.21. The van der Waals surface area contributed by atoms with Crippen molar-refractivity contribution < 1.29 is 33.8 Å². The molecule has 5 aromatic rings. The Kier molecular flexibility index (Phi) is 10.8. The molecule has 6 rings (SSSR count).